The molecule has 0 saturated heterocycles. The van der Waals surface area contributed by atoms with Crippen LogP contribution in [0.1, 0.15) is 16.1 Å². The standard InChI is InChI=1S/C15H11ClN2O2/c16-11-6-7-12-13(8-11)20-18-14(12)15(19)17-9-10-4-2-1-3-5-10/h1-8H,9H2,(H,17,19). The highest BCUT2D eigenvalue weighted by atomic mass is 35.5. The van der Waals surface area contributed by atoms with Crippen molar-refractivity contribution in [1.29, 1.82) is 0 Å². The van der Waals surface area contributed by atoms with E-state index in [4.69, 9.17) is 16.1 Å². The van der Waals surface area contributed by atoms with Crippen LogP contribution in [0.3, 0.4) is 0 Å². The number of fused-ring (bicyclic) bond motifs is 1. The van der Waals surface area contributed by atoms with E-state index in [-0.39, 0.29) is 11.6 Å². The minimum Gasteiger partial charge on any atom is -0.355 e. The van der Waals surface area contributed by atoms with Gasteiger partial charge in [-0.3, -0.25) is 4.79 Å². The molecule has 0 aliphatic rings. The van der Waals surface area contributed by atoms with E-state index in [9.17, 15) is 4.79 Å². The molecule has 3 rings (SSSR count). The average molecular weight is 287 g/mol. The Kier molecular flexibility index (Phi) is 3.39. The summed E-state index contributed by atoms with van der Waals surface area (Å²) >= 11 is 5.86. The lowest BCUT2D eigenvalue weighted by Crippen LogP contribution is -2.23. The van der Waals surface area contributed by atoms with Crippen molar-refractivity contribution in [3.63, 3.8) is 0 Å². The summed E-state index contributed by atoms with van der Waals surface area (Å²) in [5.41, 5.74) is 1.80. The highest BCUT2D eigenvalue weighted by molar-refractivity contribution is 6.31. The van der Waals surface area contributed by atoms with Gasteiger partial charge in [-0.25, -0.2) is 0 Å². The summed E-state index contributed by atoms with van der Waals surface area (Å²) < 4.78 is 5.11. The van der Waals surface area contributed by atoms with E-state index in [0.29, 0.717) is 22.5 Å². The number of amides is 1. The van der Waals surface area contributed by atoms with Gasteiger partial charge in [-0.1, -0.05) is 47.1 Å². The summed E-state index contributed by atoms with van der Waals surface area (Å²) in [5.74, 6) is -0.269. The van der Waals surface area contributed by atoms with Crippen LogP contribution in [0.2, 0.25) is 5.02 Å². The second-order valence-electron chi connectivity index (χ2n) is 4.34. The topological polar surface area (TPSA) is 55.1 Å². The molecule has 0 aliphatic heterocycles. The Labute approximate surface area is 120 Å². The number of benzene rings is 2. The molecule has 0 unspecified atom stereocenters. The van der Waals surface area contributed by atoms with Gasteiger partial charge in [-0.2, -0.15) is 0 Å². The maximum Gasteiger partial charge on any atom is 0.274 e. The zero-order valence-electron chi connectivity index (χ0n) is 10.5. The summed E-state index contributed by atoms with van der Waals surface area (Å²) in [7, 11) is 0. The lowest BCUT2D eigenvalue weighted by atomic mass is 10.2. The number of carbonyl (C=O) groups is 1. The van der Waals surface area contributed by atoms with Crippen LogP contribution in [0, 0.1) is 0 Å². The van der Waals surface area contributed by atoms with Gasteiger partial charge in [0.15, 0.2) is 11.3 Å². The molecule has 0 bridgehead atoms. The Morgan fingerprint density at radius 2 is 2.00 bits per heavy atom. The van der Waals surface area contributed by atoms with Crippen molar-refractivity contribution in [1.82, 2.24) is 10.5 Å². The number of nitrogens with one attached hydrogen (secondary N) is 1. The first-order valence-corrected chi connectivity index (χ1v) is 6.49. The molecule has 1 aromatic heterocycles. The average Bonchev–Trinajstić information content (AvgIpc) is 2.89. The maximum atomic E-state index is 12.1. The number of carbonyl (C=O) groups excluding carboxylic acids is 1. The Balaban J connectivity index is 1.79. The van der Waals surface area contributed by atoms with Crippen LogP contribution < -0.4 is 5.32 Å². The Morgan fingerprint density at radius 1 is 1.20 bits per heavy atom. The molecule has 0 atom stereocenters. The van der Waals surface area contributed by atoms with Crippen molar-refractivity contribution >= 4 is 28.5 Å². The first kappa shape index (κ1) is 12.7. The molecular formula is C15H11ClN2O2. The number of halogens is 1. The van der Waals surface area contributed by atoms with Crippen molar-refractivity contribution < 1.29 is 9.32 Å². The van der Waals surface area contributed by atoms with Gasteiger partial charge in [-0.15, -0.1) is 0 Å². The molecule has 2 aromatic carbocycles. The molecule has 0 fully saturated rings. The van der Waals surface area contributed by atoms with Gasteiger partial charge in [0.1, 0.15) is 0 Å². The maximum absolute atomic E-state index is 12.1. The number of hydrogen-bond acceptors (Lipinski definition) is 3. The van der Waals surface area contributed by atoms with Gasteiger partial charge in [0.2, 0.25) is 0 Å². The van der Waals surface area contributed by atoms with Crippen LogP contribution in [0.4, 0.5) is 0 Å². The monoisotopic (exact) mass is 286 g/mol. The van der Waals surface area contributed by atoms with Crippen molar-refractivity contribution in [2.75, 3.05) is 0 Å². The third-order valence-corrected chi connectivity index (χ3v) is 3.18. The molecule has 100 valence electrons. The van der Waals surface area contributed by atoms with E-state index in [0.717, 1.165) is 5.56 Å². The van der Waals surface area contributed by atoms with Crippen molar-refractivity contribution in [3.05, 3.63) is 64.8 Å². The van der Waals surface area contributed by atoms with Crippen LogP contribution in [-0.4, -0.2) is 11.1 Å². The van der Waals surface area contributed by atoms with Crippen LogP contribution in [0.25, 0.3) is 11.0 Å². The van der Waals surface area contributed by atoms with Gasteiger partial charge in [0.25, 0.3) is 5.91 Å². The second-order valence-corrected chi connectivity index (χ2v) is 4.78. The fraction of sp³-hybridized carbons (Fsp3) is 0.0667. The van der Waals surface area contributed by atoms with Gasteiger partial charge in [0, 0.05) is 17.6 Å². The molecule has 1 amide bonds. The lowest BCUT2D eigenvalue weighted by Gasteiger charge is -2.02. The summed E-state index contributed by atoms with van der Waals surface area (Å²) in [6.07, 6.45) is 0. The van der Waals surface area contributed by atoms with E-state index in [1.54, 1.807) is 18.2 Å². The van der Waals surface area contributed by atoms with E-state index in [1.165, 1.54) is 0 Å². The number of hydrogen-bond donors (Lipinski definition) is 1. The van der Waals surface area contributed by atoms with Gasteiger partial charge in [-0.05, 0) is 17.7 Å². The van der Waals surface area contributed by atoms with Crippen molar-refractivity contribution in [2.24, 2.45) is 0 Å². The van der Waals surface area contributed by atoms with E-state index < -0.39 is 0 Å². The highest BCUT2D eigenvalue weighted by Crippen LogP contribution is 2.22. The normalized spacial score (nSPS) is 10.7. The van der Waals surface area contributed by atoms with Gasteiger partial charge >= 0.3 is 0 Å². The smallest absolute Gasteiger partial charge is 0.274 e. The molecular weight excluding hydrogens is 276 g/mol. The Hall–Kier alpha value is -2.33. The molecule has 5 heteroatoms. The molecule has 4 nitrogen and oxygen atoms in total. The quantitative estimate of drug-likeness (QED) is 0.803. The highest BCUT2D eigenvalue weighted by Gasteiger charge is 2.15. The lowest BCUT2D eigenvalue weighted by molar-refractivity contribution is 0.0943. The Morgan fingerprint density at radius 3 is 2.80 bits per heavy atom. The summed E-state index contributed by atoms with van der Waals surface area (Å²) in [5, 5.41) is 7.82. The molecule has 0 spiro atoms. The summed E-state index contributed by atoms with van der Waals surface area (Å²) in [6, 6.07) is 14.7. The first-order valence-electron chi connectivity index (χ1n) is 6.11. The fourth-order valence-electron chi connectivity index (χ4n) is 1.94. The first-order chi connectivity index (χ1) is 9.74. The number of rotatable bonds is 3. The molecule has 0 aliphatic carbocycles. The number of aromatic nitrogens is 1. The predicted molar refractivity (Wildman–Crippen MR) is 76.6 cm³/mol. The Bertz CT molecular complexity index is 753. The molecule has 0 saturated carbocycles. The summed E-state index contributed by atoms with van der Waals surface area (Å²) in [4.78, 5) is 12.1. The predicted octanol–water partition coefficient (Wildman–Crippen LogP) is 3.41. The largest absolute Gasteiger partial charge is 0.355 e. The minimum atomic E-state index is -0.269. The van der Waals surface area contributed by atoms with Crippen LogP contribution >= 0.6 is 11.6 Å². The zero-order valence-corrected chi connectivity index (χ0v) is 11.2. The van der Waals surface area contributed by atoms with Crippen molar-refractivity contribution in [3.8, 4) is 0 Å². The van der Waals surface area contributed by atoms with Crippen molar-refractivity contribution in [2.45, 2.75) is 6.54 Å². The van der Waals surface area contributed by atoms with Gasteiger partial charge in [0.05, 0.1) is 5.39 Å². The third-order valence-electron chi connectivity index (χ3n) is 2.95. The van der Waals surface area contributed by atoms with E-state index in [2.05, 4.69) is 10.5 Å². The second kappa shape index (κ2) is 5.35. The molecule has 1 N–H and O–H groups in total. The fourth-order valence-corrected chi connectivity index (χ4v) is 2.10. The van der Waals surface area contributed by atoms with Crippen LogP contribution in [0.15, 0.2) is 53.1 Å². The van der Waals surface area contributed by atoms with E-state index >= 15 is 0 Å². The zero-order chi connectivity index (χ0) is 13.9. The molecule has 1 heterocycles. The SMILES string of the molecule is O=C(NCc1ccccc1)c1noc2cc(Cl)ccc12. The van der Waals surface area contributed by atoms with Crippen LogP contribution in [-0.2, 0) is 6.54 Å². The minimum absolute atomic E-state index is 0.269. The summed E-state index contributed by atoms with van der Waals surface area (Å²) in [6.45, 7) is 0.446. The molecule has 3 aromatic rings. The third kappa shape index (κ3) is 2.51. The van der Waals surface area contributed by atoms with Crippen LogP contribution in [0.5, 0.6) is 0 Å². The number of nitrogens with zero attached hydrogens (tertiary/aromatic N) is 1. The molecule has 20 heavy (non-hydrogen) atoms. The molecule has 0 radical (unpaired) electrons. The van der Waals surface area contributed by atoms with Gasteiger partial charge < -0.3 is 9.84 Å². The van der Waals surface area contributed by atoms with E-state index in [1.807, 2.05) is 30.3 Å².